The van der Waals surface area contributed by atoms with Gasteiger partial charge in [-0.2, -0.15) is 13.2 Å². The standard InChI is InChI=1S/C21H21F3N4O2S/c22-21(23,24)11-16-10-17-19(25-14-26-20(17)31-16)28-8-6-27(7-9-28)18(29)13-30-12-15-4-2-1-3-5-15/h1-5,10,14H,6-9,11-13H2. The molecule has 1 fully saturated rings. The first kappa shape index (κ1) is 21.5. The molecule has 3 heterocycles. The summed E-state index contributed by atoms with van der Waals surface area (Å²) in [6.45, 7) is 2.47. The maximum atomic E-state index is 12.7. The molecule has 0 aliphatic carbocycles. The van der Waals surface area contributed by atoms with Gasteiger partial charge in [0.25, 0.3) is 0 Å². The minimum absolute atomic E-state index is 0.0119. The first-order valence-electron chi connectivity index (χ1n) is 9.83. The third-order valence-corrected chi connectivity index (χ3v) is 6.05. The molecule has 4 rings (SSSR count). The Labute approximate surface area is 181 Å². The third-order valence-electron chi connectivity index (χ3n) is 5.00. The Morgan fingerprint density at radius 1 is 1.10 bits per heavy atom. The number of aromatic nitrogens is 2. The lowest BCUT2D eigenvalue weighted by atomic mass is 10.2. The van der Waals surface area contributed by atoms with Crippen LogP contribution in [-0.2, 0) is 22.6 Å². The van der Waals surface area contributed by atoms with E-state index in [9.17, 15) is 18.0 Å². The van der Waals surface area contributed by atoms with Crippen molar-refractivity contribution in [2.75, 3.05) is 37.7 Å². The maximum Gasteiger partial charge on any atom is 0.393 e. The number of hydrogen-bond acceptors (Lipinski definition) is 6. The number of alkyl halides is 3. The van der Waals surface area contributed by atoms with Gasteiger partial charge in [-0.05, 0) is 11.6 Å². The highest BCUT2D eigenvalue weighted by atomic mass is 32.1. The topological polar surface area (TPSA) is 58.6 Å². The molecule has 3 aromatic rings. The second-order valence-corrected chi connectivity index (χ2v) is 8.38. The van der Waals surface area contributed by atoms with Gasteiger partial charge in [-0.1, -0.05) is 30.3 Å². The predicted octanol–water partition coefficient (Wildman–Crippen LogP) is 3.66. The fourth-order valence-electron chi connectivity index (χ4n) is 3.52. The molecule has 0 spiro atoms. The zero-order valence-corrected chi connectivity index (χ0v) is 17.5. The summed E-state index contributed by atoms with van der Waals surface area (Å²) in [6.07, 6.45) is -3.86. The van der Waals surface area contributed by atoms with Gasteiger partial charge in [0.05, 0.1) is 18.4 Å². The molecular weight excluding hydrogens is 429 g/mol. The Hall–Kier alpha value is -2.72. The summed E-state index contributed by atoms with van der Waals surface area (Å²) in [4.78, 5) is 25.3. The number of hydrogen-bond donors (Lipinski definition) is 0. The van der Waals surface area contributed by atoms with E-state index in [4.69, 9.17) is 4.74 Å². The summed E-state index contributed by atoms with van der Waals surface area (Å²) in [6, 6.07) is 11.2. The van der Waals surface area contributed by atoms with Crippen LogP contribution in [0.2, 0.25) is 0 Å². The zero-order chi connectivity index (χ0) is 21.8. The molecule has 2 aromatic heterocycles. The van der Waals surface area contributed by atoms with Crippen molar-refractivity contribution in [3.8, 4) is 0 Å². The van der Waals surface area contributed by atoms with Gasteiger partial charge in [-0.3, -0.25) is 4.79 Å². The summed E-state index contributed by atoms with van der Waals surface area (Å²) >= 11 is 1.04. The van der Waals surface area contributed by atoms with Gasteiger partial charge in [0.1, 0.15) is 23.6 Å². The fourth-order valence-corrected chi connectivity index (χ4v) is 4.54. The summed E-state index contributed by atoms with van der Waals surface area (Å²) in [7, 11) is 0. The highest BCUT2D eigenvalue weighted by Gasteiger charge is 2.30. The van der Waals surface area contributed by atoms with Crippen molar-refractivity contribution >= 4 is 33.3 Å². The Kier molecular flexibility index (Phi) is 6.38. The zero-order valence-electron chi connectivity index (χ0n) is 16.6. The minimum Gasteiger partial charge on any atom is -0.367 e. The number of carbonyl (C=O) groups is 1. The number of rotatable bonds is 6. The number of ether oxygens (including phenoxy) is 1. The van der Waals surface area contributed by atoms with Crippen LogP contribution in [0.15, 0.2) is 42.7 Å². The molecular formula is C21H21F3N4O2S. The molecule has 0 radical (unpaired) electrons. The number of amides is 1. The largest absolute Gasteiger partial charge is 0.393 e. The molecule has 0 atom stereocenters. The second kappa shape index (κ2) is 9.19. The number of benzene rings is 1. The van der Waals surface area contributed by atoms with Gasteiger partial charge in [-0.15, -0.1) is 11.3 Å². The Bertz CT molecular complexity index is 1030. The van der Waals surface area contributed by atoms with E-state index in [0.717, 1.165) is 16.9 Å². The lowest BCUT2D eigenvalue weighted by Crippen LogP contribution is -2.50. The van der Waals surface area contributed by atoms with Gasteiger partial charge >= 0.3 is 6.18 Å². The van der Waals surface area contributed by atoms with Crippen molar-refractivity contribution in [2.45, 2.75) is 19.2 Å². The van der Waals surface area contributed by atoms with E-state index < -0.39 is 12.6 Å². The molecule has 0 N–H and O–H groups in total. The van der Waals surface area contributed by atoms with E-state index in [1.807, 2.05) is 35.2 Å². The van der Waals surface area contributed by atoms with E-state index in [1.165, 1.54) is 12.4 Å². The first-order valence-corrected chi connectivity index (χ1v) is 10.7. The number of fused-ring (bicyclic) bond motifs is 1. The maximum absolute atomic E-state index is 12.7. The van der Waals surface area contributed by atoms with E-state index >= 15 is 0 Å². The van der Waals surface area contributed by atoms with Crippen LogP contribution in [0.4, 0.5) is 19.0 Å². The normalized spacial score (nSPS) is 14.9. The second-order valence-electron chi connectivity index (χ2n) is 7.27. The van der Waals surface area contributed by atoms with Gasteiger partial charge in [0.15, 0.2) is 0 Å². The first-order chi connectivity index (χ1) is 14.9. The SMILES string of the molecule is O=C(COCc1ccccc1)N1CCN(c2ncnc3sc(CC(F)(F)F)cc23)CC1. The van der Waals surface area contributed by atoms with Crippen LogP contribution in [0.25, 0.3) is 10.2 Å². The third kappa shape index (κ3) is 5.50. The highest BCUT2D eigenvalue weighted by Crippen LogP contribution is 2.34. The average Bonchev–Trinajstić information content (AvgIpc) is 3.15. The number of halogens is 3. The van der Waals surface area contributed by atoms with Crippen molar-refractivity contribution in [3.63, 3.8) is 0 Å². The van der Waals surface area contributed by atoms with Crippen molar-refractivity contribution in [1.82, 2.24) is 14.9 Å². The smallest absolute Gasteiger partial charge is 0.367 e. The molecule has 0 saturated carbocycles. The van der Waals surface area contributed by atoms with Crippen LogP contribution in [-0.4, -0.2) is 59.7 Å². The van der Waals surface area contributed by atoms with Gasteiger partial charge in [0, 0.05) is 31.1 Å². The van der Waals surface area contributed by atoms with E-state index in [1.54, 1.807) is 4.90 Å². The lowest BCUT2D eigenvalue weighted by molar-refractivity contribution is -0.136. The highest BCUT2D eigenvalue weighted by molar-refractivity contribution is 7.18. The quantitative estimate of drug-likeness (QED) is 0.574. The van der Waals surface area contributed by atoms with Crippen LogP contribution in [0.1, 0.15) is 10.4 Å². The summed E-state index contributed by atoms with van der Waals surface area (Å²) in [5, 5.41) is 0.623. The number of thiophene rings is 1. The van der Waals surface area contributed by atoms with Crippen LogP contribution >= 0.6 is 11.3 Å². The van der Waals surface area contributed by atoms with Crippen LogP contribution in [0.3, 0.4) is 0 Å². The number of carbonyl (C=O) groups excluding carboxylic acids is 1. The molecule has 164 valence electrons. The molecule has 31 heavy (non-hydrogen) atoms. The van der Waals surface area contributed by atoms with Gasteiger partial charge in [0.2, 0.25) is 5.91 Å². The number of anilines is 1. The molecule has 6 nitrogen and oxygen atoms in total. The van der Waals surface area contributed by atoms with E-state index in [2.05, 4.69) is 9.97 Å². The van der Waals surface area contributed by atoms with Crippen molar-refractivity contribution in [3.05, 3.63) is 53.2 Å². The fraction of sp³-hybridized carbons (Fsp3) is 0.381. The Balaban J connectivity index is 1.34. The molecule has 1 amide bonds. The monoisotopic (exact) mass is 450 g/mol. The van der Waals surface area contributed by atoms with Crippen molar-refractivity contribution < 1.29 is 22.7 Å². The summed E-state index contributed by atoms with van der Waals surface area (Å²) in [5.74, 6) is 0.536. The Morgan fingerprint density at radius 2 is 1.84 bits per heavy atom. The molecule has 1 aromatic carbocycles. The molecule has 0 unspecified atom stereocenters. The summed E-state index contributed by atoms with van der Waals surface area (Å²) < 4.78 is 43.8. The number of piperazine rings is 1. The minimum atomic E-state index is -4.26. The molecule has 0 bridgehead atoms. The van der Waals surface area contributed by atoms with Crippen LogP contribution < -0.4 is 4.90 Å². The van der Waals surface area contributed by atoms with Crippen molar-refractivity contribution in [1.29, 1.82) is 0 Å². The Morgan fingerprint density at radius 3 is 2.55 bits per heavy atom. The lowest BCUT2D eigenvalue weighted by Gasteiger charge is -2.35. The van der Waals surface area contributed by atoms with Crippen LogP contribution in [0.5, 0.6) is 0 Å². The predicted molar refractivity (Wildman–Crippen MR) is 112 cm³/mol. The van der Waals surface area contributed by atoms with Crippen molar-refractivity contribution in [2.24, 2.45) is 0 Å². The van der Waals surface area contributed by atoms with Gasteiger partial charge < -0.3 is 14.5 Å². The van der Waals surface area contributed by atoms with E-state index in [0.29, 0.717) is 48.8 Å². The van der Waals surface area contributed by atoms with Crippen LogP contribution in [0, 0.1) is 0 Å². The van der Waals surface area contributed by atoms with Gasteiger partial charge in [-0.25, -0.2) is 9.97 Å². The van der Waals surface area contributed by atoms with E-state index in [-0.39, 0.29) is 17.4 Å². The molecule has 1 aliphatic heterocycles. The number of nitrogens with zero attached hydrogens (tertiary/aromatic N) is 4. The molecule has 1 aliphatic rings. The molecule has 10 heteroatoms. The average molecular weight is 450 g/mol. The molecule has 1 saturated heterocycles. The summed E-state index contributed by atoms with van der Waals surface area (Å²) in [5.41, 5.74) is 1.01.